The van der Waals surface area contributed by atoms with Gasteiger partial charge in [0, 0.05) is 50.5 Å². The number of amides is 1. The SMILES string of the molecule is COCCCNC(=O)c1csc(-c2ccnc(N3CCCCC3)c2)n1. The van der Waals surface area contributed by atoms with Crippen molar-refractivity contribution >= 4 is 23.1 Å². The number of ether oxygens (including phenoxy) is 1. The van der Waals surface area contributed by atoms with Gasteiger partial charge in [-0.2, -0.15) is 0 Å². The highest BCUT2D eigenvalue weighted by Crippen LogP contribution is 2.27. The van der Waals surface area contributed by atoms with Gasteiger partial charge in [0.05, 0.1) is 0 Å². The van der Waals surface area contributed by atoms with Crippen LogP contribution >= 0.6 is 11.3 Å². The van der Waals surface area contributed by atoms with Gasteiger partial charge in [-0.05, 0) is 37.8 Å². The molecule has 0 radical (unpaired) electrons. The lowest BCUT2D eigenvalue weighted by molar-refractivity contribution is 0.0944. The van der Waals surface area contributed by atoms with Crippen molar-refractivity contribution in [2.75, 3.05) is 38.3 Å². The summed E-state index contributed by atoms with van der Waals surface area (Å²) >= 11 is 1.49. The number of hydrogen-bond donors (Lipinski definition) is 1. The number of anilines is 1. The molecule has 1 amide bonds. The summed E-state index contributed by atoms with van der Waals surface area (Å²) in [5.74, 6) is 0.863. The summed E-state index contributed by atoms with van der Waals surface area (Å²) in [4.78, 5) is 23.5. The average Bonchev–Trinajstić information content (AvgIpc) is 3.16. The highest BCUT2D eigenvalue weighted by molar-refractivity contribution is 7.13. The molecule has 7 heteroatoms. The first kappa shape index (κ1) is 17.8. The van der Waals surface area contributed by atoms with E-state index in [9.17, 15) is 4.79 Å². The fraction of sp³-hybridized carbons (Fsp3) is 0.500. The van der Waals surface area contributed by atoms with Gasteiger partial charge in [0.25, 0.3) is 5.91 Å². The van der Waals surface area contributed by atoms with E-state index >= 15 is 0 Å². The molecule has 1 N–H and O–H groups in total. The lowest BCUT2D eigenvalue weighted by Gasteiger charge is -2.27. The van der Waals surface area contributed by atoms with E-state index in [-0.39, 0.29) is 5.91 Å². The summed E-state index contributed by atoms with van der Waals surface area (Å²) in [5, 5.41) is 5.52. The number of aromatic nitrogens is 2. The Labute approximate surface area is 152 Å². The molecule has 1 fully saturated rings. The van der Waals surface area contributed by atoms with E-state index in [1.54, 1.807) is 7.11 Å². The van der Waals surface area contributed by atoms with Crippen LogP contribution in [0.15, 0.2) is 23.7 Å². The van der Waals surface area contributed by atoms with Crippen LogP contribution in [0.1, 0.15) is 36.2 Å². The maximum Gasteiger partial charge on any atom is 0.270 e. The second kappa shape index (κ2) is 8.92. The minimum absolute atomic E-state index is 0.135. The van der Waals surface area contributed by atoms with Crippen LogP contribution in [0.3, 0.4) is 0 Å². The summed E-state index contributed by atoms with van der Waals surface area (Å²) < 4.78 is 4.98. The number of methoxy groups -OCH3 is 1. The van der Waals surface area contributed by atoms with E-state index in [4.69, 9.17) is 4.74 Å². The van der Waals surface area contributed by atoms with Crippen LogP contribution in [0.5, 0.6) is 0 Å². The van der Waals surface area contributed by atoms with Crippen molar-refractivity contribution in [1.29, 1.82) is 0 Å². The second-order valence-electron chi connectivity index (χ2n) is 6.09. The van der Waals surface area contributed by atoms with Crippen molar-refractivity contribution in [2.24, 2.45) is 0 Å². The Balaban J connectivity index is 1.66. The van der Waals surface area contributed by atoms with Crippen LogP contribution in [0.25, 0.3) is 10.6 Å². The minimum atomic E-state index is -0.135. The van der Waals surface area contributed by atoms with Gasteiger partial charge in [-0.25, -0.2) is 9.97 Å². The molecule has 6 nitrogen and oxygen atoms in total. The molecular weight excluding hydrogens is 336 g/mol. The van der Waals surface area contributed by atoms with E-state index in [1.165, 1.54) is 30.6 Å². The second-order valence-corrected chi connectivity index (χ2v) is 6.95. The molecule has 134 valence electrons. The quantitative estimate of drug-likeness (QED) is 0.769. The molecule has 0 aromatic carbocycles. The molecule has 0 atom stereocenters. The molecule has 2 aromatic rings. The zero-order valence-electron chi connectivity index (χ0n) is 14.5. The maximum atomic E-state index is 12.1. The van der Waals surface area contributed by atoms with Gasteiger partial charge in [-0.1, -0.05) is 0 Å². The molecule has 3 heterocycles. The van der Waals surface area contributed by atoms with E-state index in [0.717, 1.165) is 35.9 Å². The van der Waals surface area contributed by atoms with Gasteiger partial charge < -0.3 is 15.0 Å². The Morgan fingerprint density at radius 3 is 3.00 bits per heavy atom. The number of thiazole rings is 1. The molecule has 1 aliphatic heterocycles. The van der Waals surface area contributed by atoms with Gasteiger partial charge in [0.1, 0.15) is 16.5 Å². The lowest BCUT2D eigenvalue weighted by atomic mass is 10.1. The number of nitrogens with one attached hydrogen (secondary N) is 1. The molecule has 0 saturated carbocycles. The van der Waals surface area contributed by atoms with Crippen molar-refractivity contribution < 1.29 is 9.53 Å². The van der Waals surface area contributed by atoms with Crippen LogP contribution in [0, 0.1) is 0 Å². The van der Waals surface area contributed by atoms with E-state index < -0.39 is 0 Å². The zero-order chi connectivity index (χ0) is 17.5. The Kier molecular flexibility index (Phi) is 6.36. The standard InChI is InChI=1S/C18H24N4O2S/c1-24-11-5-7-20-17(23)15-13-25-18(21-15)14-6-8-19-16(12-14)22-9-3-2-4-10-22/h6,8,12-13H,2-5,7,9-11H2,1H3,(H,20,23). The Hall–Kier alpha value is -1.99. The van der Waals surface area contributed by atoms with Crippen LogP contribution in [-0.2, 0) is 4.74 Å². The summed E-state index contributed by atoms with van der Waals surface area (Å²) in [6, 6.07) is 4.02. The van der Waals surface area contributed by atoms with Crippen LogP contribution in [0.2, 0.25) is 0 Å². The molecular formula is C18H24N4O2S. The molecule has 0 spiro atoms. The number of hydrogen-bond acceptors (Lipinski definition) is 6. The normalized spacial score (nSPS) is 14.5. The fourth-order valence-electron chi connectivity index (χ4n) is 2.87. The average molecular weight is 360 g/mol. The predicted octanol–water partition coefficient (Wildman–Crippen LogP) is 2.96. The Morgan fingerprint density at radius 1 is 1.36 bits per heavy atom. The first-order chi connectivity index (χ1) is 12.3. The van der Waals surface area contributed by atoms with Crippen molar-refractivity contribution in [1.82, 2.24) is 15.3 Å². The maximum absolute atomic E-state index is 12.1. The summed E-state index contributed by atoms with van der Waals surface area (Å²) in [6.45, 7) is 3.35. The molecule has 0 unspecified atom stereocenters. The topological polar surface area (TPSA) is 67.3 Å². The molecule has 0 aliphatic carbocycles. The molecule has 25 heavy (non-hydrogen) atoms. The predicted molar refractivity (Wildman–Crippen MR) is 100 cm³/mol. The number of carbonyl (C=O) groups is 1. The Morgan fingerprint density at radius 2 is 2.20 bits per heavy atom. The molecule has 1 aliphatic rings. The van der Waals surface area contributed by atoms with Crippen molar-refractivity contribution in [3.63, 3.8) is 0 Å². The Bertz CT molecular complexity index is 698. The van der Waals surface area contributed by atoms with Gasteiger partial charge in [-0.15, -0.1) is 11.3 Å². The number of pyridine rings is 1. The molecule has 0 bridgehead atoms. The van der Waals surface area contributed by atoms with Crippen LogP contribution in [-0.4, -0.2) is 49.2 Å². The third-order valence-electron chi connectivity index (χ3n) is 4.22. The first-order valence-electron chi connectivity index (χ1n) is 8.72. The van der Waals surface area contributed by atoms with E-state index in [0.29, 0.717) is 18.8 Å². The van der Waals surface area contributed by atoms with Crippen molar-refractivity contribution in [3.8, 4) is 10.6 Å². The monoisotopic (exact) mass is 360 g/mol. The van der Waals surface area contributed by atoms with Gasteiger partial charge >= 0.3 is 0 Å². The smallest absolute Gasteiger partial charge is 0.270 e. The summed E-state index contributed by atoms with van der Waals surface area (Å²) in [7, 11) is 1.65. The minimum Gasteiger partial charge on any atom is -0.385 e. The third kappa shape index (κ3) is 4.76. The highest BCUT2D eigenvalue weighted by atomic mass is 32.1. The molecule has 2 aromatic heterocycles. The van der Waals surface area contributed by atoms with Crippen molar-refractivity contribution in [3.05, 3.63) is 29.4 Å². The summed E-state index contributed by atoms with van der Waals surface area (Å²) in [6.07, 6.45) is 6.35. The van der Waals surface area contributed by atoms with Gasteiger partial charge in [-0.3, -0.25) is 4.79 Å². The summed E-state index contributed by atoms with van der Waals surface area (Å²) in [5.41, 5.74) is 1.48. The van der Waals surface area contributed by atoms with Gasteiger partial charge in [0.15, 0.2) is 0 Å². The largest absolute Gasteiger partial charge is 0.385 e. The number of nitrogens with zero attached hydrogens (tertiary/aromatic N) is 3. The number of rotatable bonds is 7. The van der Waals surface area contributed by atoms with Crippen LogP contribution < -0.4 is 10.2 Å². The van der Waals surface area contributed by atoms with E-state index in [1.807, 2.05) is 17.6 Å². The molecule has 1 saturated heterocycles. The fourth-order valence-corrected chi connectivity index (χ4v) is 3.66. The number of carbonyl (C=O) groups excluding carboxylic acids is 1. The highest BCUT2D eigenvalue weighted by Gasteiger charge is 2.15. The van der Waals surface area contributed by atoms with Crippen LogP contribution in [0.4, 0.5) is 5.82 Å². The lowest BCUT2D eigenvalue weighted by Crippen LogP contribution is -2.30. The third-order valence-corrected chi connectivity index (χ3v) is 5.11. The first-order valence-corrected chi connectivity index (χ1v) is 9.60. The zero-order valence-corrected chi connectivity index (χ0v) is 15.3. The van der Waals surface area contributed by atoms with Crippen molar-refractivity contribution in [2.45, 2.75) is 25.7 Å². The number of piperidine rings is 1. The van der Waals surface area contributed by atoms with E-state index in [2.05, 4.69) is 26.3 Å². The van der Waals surface area contributed by atoms with Gasteiger partial charge in [0.2, 0.25) is 0 Å². The molecule has 3 rings (SSSR count).